The van der Waals surface area contributed by atoms with Crippen molar-refractivity contribution in [2.45, 2.75) is 52.1 Å². The fourth-order valence-electron chi connectivity index (χ4n) is 4.01. The van der Waals surface area contributed by atoms with Crippen LogP contribution in [-0.4, -0.2) is 29.4 Å². The Labute approximate surface area is 227 Å². The number of halogens is 1. The van der Waals surface area contributed by atoms with E-state index in [4.69, 9.17) is 16.3 Å². The Kier molecular flexibility index (Phi) is 8.78. The van der Waals surface area contributed by atoms with Gasteiger partial charge in [-0.15, -0.1) is 0 Å². The first kappa shape index (κ1) is 28.7. The maximum absolute atomic E-state index is 14.3. The summed E-state index contributed by atoms with van der Waals surface area (Å²) in [5.74, 6) is -0.663. The molecule has 1 unspecified atom stereocenters. The summed E-state index contributed by atoms with van der Waals surface area (Å²) in [7, 11) is 1.41. The minimum atomic E-state index is -1.16. The van der Waals surface area contributed by atoms with E-state index in [9.17, 15) is 19.7 Å². The number of carbonyl (C=O) groups excluding carboxylic acids is 2. The standard InChI is InChI=1S/C29H32ClN3O5/c1-18(2)19-9-13-22(14-10-19)32(28(35)24-17-23(38-6)15-16-25(24)33(36)37)26(27(34)31-29(3,4)5)20-7-11-21(30)12-8-20/h7-18,26H,1-6H3,(H,31,34). The minimum Gasteiger partial charge on any atom is -0.497 e. The largest absolute Gasteiger partial charge is 0.497 e. The van der Waals surface area contributed by atoms with Crippen molar-refractivity contribution in [1.82, 2.24) is 5.32 Å². The minimum absolute atomic E-state index is 0.204. The monoisotopic (exact) mass is 537 g/mol. The number of amides is 2. The second-order valence-electron chi connectivity index (χ2n) is 10.3. The van der Waals surface area contributed by atoms with Crippen molar-refractivity contribution in [3.8, 4) is 5.75 Å². The summed E-state index contributed by atoms with van der Waals surface area (Å²) in [5.41, 5.74) is 0.717. The number of nitro groups is 1. The van der Waals surface area contributed by atoms with Crippen molar-refractivity contribution in [3.05, 3.63) is 98.6 Å². The molecule has 0 aliphatic carbocycles. The fraction of sp³-hybridized carbons (Fsp3) is 0.310. The smallest absolute Gasteiger partial charge is 0.282 e. The van der Waals surface area contributed by atoms with E-state index in [-0.39, 0.29) is 17.2 Å². The molecule has 0 aliphatic heterocycles. The van der Waals surface area contributed by atoms with Crippen LogP contribution in [0.1, 0.15) is 68.1 Å². The number of methoxy groups -OCH3 is 1. The number of nitrogens with zero attached hydrogens (tertiary/aromatic N) is 2. The molecule has 0 aromatic heterocycles. The lowest BCUT2D eigenvalue weighted by Crippen LogP contribution is -2.49. The van der Waals surface area contributed by atoms with Gasteiger partial charge in [0.1, 0.15) is 17.4 Å². The van der Waals surface area contributed by atoms with E-state index in [1.807, 2.05) is 46.8 Å². The lowest BCUT2D eigenvalue weighted by Gasteiger charge is -2.34. The molecule has 0 bridgehead atoms. The molecule has 3 aromatic rings. The summed E-state index contributed by atoms with van der Waals surface area (Å²) >= 11 is 6.12. The van der Waals surface area contributed by atoms with E-state index in [0.29, 0.717) is 16.3 Å². The van der Waals surface area contributed by atoms with Gasteiger partial charge in [0, 0.05) is 22.3 Å². The van der Waals surface area contributed by atoms with Crippen molar-refractivity contribution in [2.24, 2.45) is 0 Å². The van der Waals surface area contributed by atoms with Gasteiger partial charge in [-0.3, -0.25) is 24.6 Å². The van der Waals surface area contributed by atoms with E-state index in [1.54, 1.807) is 36.4 Å². The van der Waals surface area contributed by atoms with Crippen LogP contribution in [0.25, 0.3) is 0 Å². The summed E-state index contributed by atoms with van der Waals surface area (Å²) in [4.78, 5) is 40.7. The van der Waals surface area contributed by atoms with E-state index in [0.717, 1.165) is 5.56 Å². The van der Waals surface area contributed by atoms with Gasteiger partial charge in [-0.25, -0.2) is 0 Å². The van der Waals surface area contributed by atoms with Crippen LogP contribution in [0.4, 0.5) is 11.4 Å². The highest BCUT2D eigenvalue weighted by atomic mass is 35.5. The molecule has 1 N–H and O–H groups in total. The predicted octanol–water partition coefficient (Wildman–Crippen LogP) is 6.68. The summed E-state index contributed by atoms with van der Waals surface area (Å²) in [6.45, 7) is 9.59. The van der Waals surface area contributed by atoms with Crippen LogP contribution in [0.2, 0.25) is 5.02 Å². The lowest BCUT2D eigenvalue weighted by atomic mass is 9.98. The molecular formula is C29H32ClN3O5. The zero-order valence-electron chi connectivity index (χ0n) is 22.3. The summed E-state index contributed by atoms with van der Waals surface area (Å²) < 4.78 is 5.25. The Balaban J connectivity index is 2.30. The number of hydrogen-bond acceptors (Lipinski definition) is 5. The number of anilines is 1. The zero-order valence-corrected chi connectivity index (χ0v) is 23.1. The van der Waals surface area contributed by atoms with Crippen LogP contribution in [0.3, 0.4) is 0 Å². The Bertz CT molecular complexity index is 1320. The van der Waals surface area contributed by atoms with Gasteiger partial charge >= 0.3 is 0 Å². The molecule has 2 amide bonds. The number of benzene rings is 3. The summed E-state index contributed by atoms with van der Waals surface area (Å²) in [5, 5.41) is 15.3. The maximum Gasteiger partial charge on any atom is 0.282 e. The molecule has 38 heavy (non-hydrogen) atoms. The molecule has 1 atom stereocenters. The maximum atomic E-state index is 14.3. The molecule has 0 spiro atoms. The van der Waals surface area contributed by atoms with Gasteiger partial charge in [0.05, 0.1) is 12.0 Å². The highest BCUT2D eigenvalue weighted by Crippen LogP contribution is 2.35. The average molecular weight is 538 g/mol. The normalized spacial score (nSPS) is 12.1. The Morgan fingerprint density at radius 1 is 0.974 bits per heavy atom. The van der Waals surface area contributed by atoms with E-state index in [1.165, 1.54) is 30.2 Å². The number of rotatable bonds is 8. The quantitative estimate of drug-likeness (QED) is 0.255. The molecule has 0 radical (unpaired) electrons. The van der Waals surface area contributed by atoms with Gasteiger partial charge in [-0.1, -0.05) is 49.7 Å². The molecule has 200 valence electrons. The zero-order chi connectivity index (χ0) is 28.2. The van der Waals surface area contributed by atoms with Gasteiger partial charge in [-0.2, -0.15) is 0 Å². The molecule has 3 rings (SSSR count). The first-order valence-corrected chi connectivity index (χ1v) is 12.5. The molecule has 3 aromatic carbocycles. The molecule has 8 nitrogen and oxygen atoms in total. The Morgan fingerprint density at radius 2 is 1.55 bits per heavy atom. The van der Waals surface area contributed by atoms with Crippen LogP contribution >= 0.6 is 11.6 Å². The number of hydrogen-bond donors (Lipinski definition) is 1. The third kappa shape index (κ3) is 6.69. The molecule has 0 aliphatic rings. The Hall–Kier alpha value is -3.91. The van der Waals surface area contributed by atoms with Crippen molar-refractivity contribution in [3.63, 3.8) is 0 Å². The number of carbonyl (C=O) groups is 2. The highest BCUT2D eigenvalue weighted by molar-refractivity contribution is 6.30. The molecule has 9 heteroatoms. The SMILES string of the molecule is COc1ccc([N+](=O)[O-])c(C(=O)N(c2ccc(C(C)C)cc2)C(C(=O)NC(C)(C)C)c2ccc(Cl)cc2)c1. The fourth-order valence-corrected chi connectivity index (χ4v) is 4.13. The number of nitro benzene ring substituents is 1. The predicted molar refractivity (Wildman–Crippen MR) is 149 cm³/mol. The van der Waals surface area contributed by atoms with Crippen LogP contribution in [0.5, 0.6) is 5.75 Å². The summed E-state index contributed by atoms with van der Waals surface area (Å²) in [6.07, 6.45) is 0. The van der Waals surface area contributed by atoms with Crippen LogP contribution in [0, 0.1) is 10.1 Å². The van der Waals surface area contributed by atoms with Crippen LogP contribution < -0.4 is 15.0 Å². The van der Waals surface area contributed by atoms with Gasteiger partial charge < -0.3 is 10.1 Å². The molecule has 0 saturated heterocycles. The van der Waals surface area contributed by atoms with Crippen molar-refractivity contribution >= 4 is 34.8 Å². The van der Waals surface area contributed by atoms with E-state index >= 15 is 0 Å². The second-order valence-corrected chi connectivity index (χ2v) is 10.7. The van der Waals surface area contributed by atoms with E-state index in [2.05, 4.69) is 5.32 Å². The lowest BCUT2D eigenvalue weighted by molar-refractivity contribution is -0.385. The molecule has 0 saturated carbocycles. The van der Waals surface area contributed by atoms with E-state index < -0.39 is 34.0 Å². The van der Waals surface area contributed by atoms with Crippen LogP contribution in [-0.2, 0) is 4.79 Å². The first-order chi connectivity index (χ1) is 17.8. The van der Waals surface area contributed by atoms with Crippen LogP contribution in [0.15, 0.2) is 66.7 Å². The molecule has 0 fully saturated rings. The van der Waals surface area contributed by atoms with Crippen molar-refractivity contribution in [2.75, 3.05) is 12.0 Å². The number of nitrogens with one attached hydrogen (secondary N) is 1. The average Bonchev–Trinajstić information content (AvgIpc) is 2.86. The van der Waals surface area contributed by atoms with Crippen molar-refractivity contribution < 1.29 is 19.2 Å². The third-order valence-corrected chi connectivity index (χ3v) is 6.13. The second kappa shape index (κ2) is 11.6. The van der Waals surface area contributed by atoms with Gasteiger partial charge in [0.25, 0.3) is 11.6 Å². The van der Waals surface area contributed by atoms with Crippen molar-refractivity contribution in [1.29, 1.82) is 0 Å². The summed E-state index contributed by atoms with van der Waals surface area (Å²) in [6, 6.07) is 16.6. The highest BCUT2D eigenvalue weighted by Gasteiger charge is 2.37. The number of ether oxygens (including phenoxy) is 1. The first-order valence-electron chi connectivity index (χ1n) is 12.2. The topological polar surface area (TPSA) is 102 Å². The Morgan fingerprint density at radius 3 is 2.05 bits per heavy atom. The molecular weight excluding hydrogens is 506 g/mol. The van der Waals surface area contributed by atoms with Gasteiger partial charge in [-0.05, 0) is 74.2 Å². The van der Waals surface area contributed by atoms with Gasteiger partial charge in [0.2, 0.25) is 5.91 Å². The third-order valence-electron chi connectivity index (χ3n) is 5.88. The molecule has 0 heterocycles. The van der Waals surface area contributed by atoms with Gasteiger partial charge in [0.15, 0.2) is 0 Å².